The summed E-state index contributed by atoms with van der Waals surface area (Å²) in [5.41, 5.74) is 1.73. The average Bonchev–Trinajstić information content (AvgIpc) is 3.15. The zero-order chi connectivity index (χ0) is 23.2. The topological polar surface area (TPSA) is 72.8 Å². The number of allylic oxidation sites excluding steroid dienone is 1. The van der Waals surface area contributed by atoms with Crippen molar-refractivity contribution in [2.75, 3.05) is 6.61 Å². The summed E-state index contributed by atoms with van der Waals surface area (Å²) in [7, 11) is 0. The van der Waals surface area contributed by atoms with Gasteiger partial charge in [-0.25, -0.2) is 4.79 Å². The minimum atomic E-state index is -0.221. The Morgan fingerprint density at radius 3 is 2.55 bits per heavy atom. The van der Waals surface area contributed by atoms with Gasteiger partial charge in [0, 0.05) is 24.2 Å². The predicted molar refractivity (Wildman–Crippen MR) is 124 cm³/mol. The van der Waals surface area contributed by atoms with E-state index in [9.17, 15) is 14.7 Å². The number of esters is 2. The number of aliphatic hydroxyl groups is 1. The summed E-state index contributed by atoms with van der Waals surface area (Å²) in [6.45, 7) is 3.97. The van der Waals surface area contributed by atoms with Crippen LogP contribution in [0.3, 0.4) is 0 Å². The lowest BCUT2D eigenvalue weighted by atomic mass is 9.47. The molecule has 1 N–H and O–H groups in total. The summed E-state index contributed by atoms with van der Waals surface area (Å²) in [4.78, 5) is 24.3. The van der Waals surface area contributed by atoms with Crippen LogP contribution in [0.4, 0.5) is 0 Å². The van der Waals surface area contributed by atoms with Gasteiger partial charge in [0.1, 0.15) is 12.2 Å². The molecule has 0 heterocycles. The van der Waals surface area contributed by atoms with Crippen molar-refractivity contribution in [1.29, 1.82) is 0 Å². The monoisotopic (exact) mass is 452 g/mol. The molecule has 1 aromatic rings. The van der Waals surface area contributed by atoms with Crippen molar-refractivity contribution < 1.29 is 24.2 Å². The zero-order valence-corrected chi connectivity index (χ0v) is 19.8. The maximum absolute atomic E-state index is 12.8. The van der Waals surface area contributed by atoms with Crippen LogP contribution in [-0.2, 0) is 14.3 Å². The summed E-state index contributed by atoms with van der Waals surface area (Å²) in [5, 5.41) is 10.7. The average molecular weight is 453 g/mol. The van der Waals surface area contributed by atoms with Crippen molar-refractivity contribution in [3.8, 4) is 0 Å². The summed E-state index contributed by atoms with van der Waals surface area (Å²) >= 11 is 0. The number of benzene rings is 1. The van der Waals surface area contributed by atoms with E-state index in [2.05, 4.69) is 13.0 Å². The van der Waals surface area contributed by atoms with Crippen LogP contribution < -0.4 is 0 Å². The number of carbonyl (C=O) groups excluding carboxylic acids is 2. The lowest BCUT2D eigenvalue weighted by Crippen LogP contribution is -2.54. The Hall–Kier alpha value is -2.14. The smallest absolute Gasteiger partial charge is 0.338 e. The van der Waals surface area contributed by atoms with Crippen molar-refractivity contribution in [1.82, 2.24) is 0 Å². The van der Waals surface area contributed by atoms with Gasteiger partial charge in [0.2, 0.25) is 0 Å². The molecular weight excluding hydrogens is 416 g/mol. The molecular formula is C28H36O5. The maximum Gasteiger partial charge on any atom is 0.338 e. The standard InChI is InChI=1S/C28H36O5/c1-18(30)32-21-12-15-28(17-29)20(16-21)8-9-22-23-10-11-25(27(23,2)14-13-24(22)28)33-26(31)19-6-4-3-5-7-19/h3-8,21-25,29H,9-17H2,1-2H3/t21-,22-,23-,24-,25-,27-,28+/m0/s1. The van der Waals surface area contributed by atoms with E-state index in [1.165, 1.54) is 12.5 Å². The SMILES string of the molecule is CC(=O)O[C@H]1CC[C@@]2(CO)C(=CC[C@@H]3[C@@H]2CC[C@]2(C)[C@@H](OC(=O)c4ccccc4)CC[C@@H]32)C1. The zero-order valence-electron chi connectivity index (χ0n) is 19.8. The van der Waals surface area contributed by atoms with E-state index in [-0.39, 0.29) is 41.6 Å². The van der Waals surface area contributed by atoms with Gasteiger partial charge < -0.3 is 14.6 Å². The van der Waals surface area contributed by atoms with Gasteiger partial charge >= 0.3 is 11.9 Å². The minimum absolute atomic E-state index is 0.0114. The van der Waals surface area contributed by atoms with Crippen LogP contribution >= 0.6 is 0 Å². The van der Waals surface area contributed by atoms with Crippen LogP contribution in [0.15, 0.2) is 42.0 Å². The number of hydrogen-bond donors (Lipinski definition) is 1. The highest BCUT2D eigenvalue weighted by atomic mass is 16.5. The molecule has 3 fully saturated rings. The lowest BCUT2D eigenvalue weighted by Gasteiger charge is -2.58. The van der Waals surface area contributed by atoms with Crippen LogP contribution in [-0.4, -0.2) is 35.9 Å². The molecule has 0 spiro atoms. The lowest BCUT2D eigenvalue weighted by molar-refractivity contribution is -0.149. The van der Waals surface area contributed by atoms with Gasteiger partial charge in [-0.1, -0.05) is 36.8 Å². The number of carbonyl (C=O) groups is 2. The third kappa shape index (κ3) is 3.73. The highest BCUT2D eigenvalue weighted by molar-refractivity contribution is 5.89. The molecule has 178 valence electrons. The molecule has 4 aliphatic rings. The Kier molecular flexibility index (Phi) is 5.88. The molecule has 5 nitrogen and oxygen atoms in total. The Morgan fingerprint density at radius 1 is 1.03 bits per heavy atom. The summed E-state index contributed by atoms with van der Waals surface area (Å²) in [5.74, 6) is 1.01. The largest absolute Gasteiger partial charge is 0.462 e. The molecule has 0 amide bonds. The molecule has 3 saturated carbocycles. The van der Waals surface area contributed by atoms with E-state index >= 15 is 0 Å². The molecule has 4 aliphatic carbocycles. The number of hydrogen-bond acceptors (Lipinski definition) is 5. The Balaban J connectivity index is 1.35. The van der Waals surface area contributed by atoms with E-state index in [1.807, 2.05) is 30.3 Å². The van der Waals surface area contributed by atoms with Gasteiger partial charge in [-0.2, -0.15) is 0 Å². The Labute approximate surface area is 196 Å². The van der Waals surface area contributed by atoms with Crippen molar-refractivity contribution in [3.63, 3.8) is 0 Å². The third-order valence-electron chi connectivity index (χ3n) is 9.57. The fourth-order valence-corrected chi connectivity index (χ4v) is 7.97. The first-order chi connectivity index (χ1) is 15.9. The molecule has 0 saturated heterocycles. The number of ether oxygens (including phenoxy) is 2. The molecule has 0 bridgehead atoms. The molecule has 0 radical (unpaired) electrons. The fourth-order valence-electron chi connectivity index (χ4n) is 7.97. The van der Waals surface area contributed by atoms with Crippen LogP contribution in [0.25, 0.3) is 0 Å². The molecule has 33 heavy (non-hydrogen) atoms. The van der Waals surface area contributed by atoms with Gasteiger partial charge in [0.25, 0.3) is 0 Å². The molecule has 0 unspecified atom stereocenters. The Morgan fingerprint density at radius 2 is 1.82 bits per heavy atom. The van der Waals surface area contributed by atoms with E-state index in [4.69, 9.17) is 9.47 Å². The molecule has 0 aromatic heterocycles. The number of aliphatic hydroxyl groups excluding tert-OH is 1. The Bertz CT molecular complexity index is 939. The third-order valence-corrected chi connectivity index (χ3v) is 9.57. The van der Waals surface area contributed by atoms with Crippen molar-refractivity contribution in [2.45, 2.75) is 77.4 Å². The second kappa shape index (κ2) is 8.57. The molecule has 5 rings (SSSR count). The molecule has 5 heteroatoms. The van der Waals surface area contributed by atoms with Gasteiger partial charge in [-0.05, 0) is 74.8 Å². The predicted octanol–water partition coefficient (Wildman–Crippen LogP) is 5.08. The second-order valence-electron chi connectivity index (χ2n) is 11.0. The first-order valence-electron chi connectivity index (χ1n) is 12.6. The maximum atomic E-state index is 12.8. The van der Waals surface area contributed by atoms with E-state index in [0.717, 1.165) is 51.4 Å². The van der Waals surface area contributed by atoms with Crippen LogP contribution in [0.5, 0.6) is 0 Å². The highest BCUT2D eigenvalue weighted by Gasteiger charge is 2.60. The quantitative estimate of drug-likeness (QED) is 0.510. The molecule has 0 aliphatic heterocycles. The number of rotatable bonds is 4. The van der Waals surface area contributed by atoms with E-state index in [1.54, 1.807) is 0 Å². The summed E-state index contributed by atoms with van der Waals surface area (Å²) in [6, 6.07) is 9.29. The minimum Gasteiger partial charge on any atom is -0.462 e. The first kappa shape index (κ1) is 22.6. The van der Waals surface area contributed by atoms with Gasteiger partial charge in [-0.15, -0.1) is 0 Å². The highest BCUT2D eigenvalue weighted by Crippen LogP contribution is 2.65. The van der Waals surface area contributed by atoms with E-state index < -0.39 is 0 Å². The van der Waals surface area contributed by atoms with Crippen molar-refractivity contribution in [3.05, 3.63) is 47.5 Å². The van der Waals surface area contributed by atoms with Crippen molar-refractivity contribution in [2.24, 2.45) is 28.6 Å². The van der Waals surface area contributed by atoms with Gasteiger partial charge in [0.05, 0.1) is 12.2 Å². The normalized spacial score (nSPS) is 39.5. The fraction of sp³-hybridized carbons (Fsp3) is 0.643. The number of fused-ring (bicyclic) bond motifs is 5. The molecule has 7 atom stereocenters. The van der Waals surface area contributed by atoms with Crippen LogP contribution in [0.2, 0.25) is 0 Å². The van der Waals surface area contributed by atoms with Crippen molar-refractivity contribution >= 4 is 11.9 Å². The summed E-state index contributed by atoms with van der Waals surface area (Å²) in [6.07, 6.45) is 9.76. The second-order valence-corrected chi connectivity index (χ2v) is 11.0. The first-order valence-corrected chi connectivity index (χ1v) is 12.6. The van der Waals surface area contributed by atoms with Gasteiger partial charge in [-0.3, -0.25) is 4.79 Å². The van der Waals surface area contributed by atoms with Gasteiger partial charge in [0.15, 0.2) is 0 Å². The van der Waals surface area contributed by atoms with Crippen LogP contribution in [0.1, 0.15) is 75.6 Å². The molecule has 1 aromatic carbocycles. The summed E-state index contributed by atoms with van der Waals surface area (Å²) < 4.78 is 11.6. The van der Waals surface area contributed by atoms with E-state index in [0.29, 0.717) is 23.3 Å². The van der Waals surface area contributed by atoms with Crippen LogP contribution in [0, 0.1) is 28.6 Å².